The molecule has 178 valence electrons. The number of carbonyl (C=O) groups is 2. The number of hydrogen-bond donors (Lipinski definition) is 1. The Morgan fingerprint density at radius 2 is 2.00 bits per heavy atom. The van der Waals surface area contributed by atoms with Crippen LogP contribution in [0.15, 0.2) is 42.6 Å². The maximum absolute atomic E-state index is 12.5. The molecule has 2 N–H and O–H groups in total. The van der Waals surface area contributed by atoms with Gasteiger partial charge in [0.2, 0.25) is 5.91 Å². The highest BCUT2D eigenvalue weighted by Gasteiger charge is 2.23. The second kappa shape index (κ2) is 9.50. The molecule has 7 nitrogen and oxygen atoms in total. The first-order valence-corrected chi connectivity index (χ1v) is 12.0. The summed E-state index contributed by atoms with van der Waals surface area (Å²) in [4.78, 5) is 26.6. The molecule has 0 unspecified atom stereocenters. The van der Waals surface area contributed by atoms with E-state index in [4.69, 9.17) is 15.2 Å². The Morgan fingerprint density at radius 3 is 2.76 bits per heavy atom. The molecule has 1 saturated heterocycles. The van der Waals surface area contributed by atoms with Crippen LogP contribution in [0.5, 0.6) is 11.5 Å². The molecule has 1 fully saturated rings. The van der Waals surface area contributed by atoms with Crippen molar-refractivity contribution in [3.05, 3.63) is 59.3 Å². The van der Waals surface area contributed by atoms with Gasteiger partial charge >= 0.3 is 0 Å². The number of primary amides is 1. The van der Waals surface area contributed by atoms with Crippen LogP contribution < -0.4 is 15.2 Å². The van der Waals surface area contributed by atoms with Crippen molar-refractivity contribution in [1.82, 2.24) is 9.47 Å². The summed E-state index contributed by atoms with van der Waals surface area (Å²) in [6.45, 7) is 3.47. The van der Waals surface area contributed by atoms with Crippen LogP contribution in [-0.2, 0) is 6.42 Å². The third kappa shape index (κ3) is 4.40. The van der Waals surface area contributed by atoms with Crippen LogP contribution in [0.25, 0.3) is 10.9 Å². The Balaban J connectivity index is 1.25. The first-order chi connectivity index (χ1) is 16.5. The number of ether oxygens (including phenoxy) is 2. The summed E-state index contributed by atoms with van der Waals surface area (Å²) in [7, 11) is 1.67. The Kier molecular flexibility index (Phi) is 6.28. The molecule has 2 aliphatic rings. The lowest BCUT2D eigenvalue weighted by Crippen LogP contribution is -2.35. The smallest absolute Gasteiger partial charge is 0.248 e. The third-order valence-electron chi connectivity index (χ3n) is 7.14. The number of aromatic nitrogens is 1. The van der Waals surface area contributed by atoms with Gasteiger partial charge in [-0.2, -0.15) is 0 Å². The summed E-state index contributed by atoms with van der Waals surface area (Å²) in [6, 6.07) is 12.0. The SMILES string of the molecule is COc1cc2c(cc1CCN1CCC(n3ccc4ccc(C(N)=O)cc43)CC1)C(=O)CCCO2. The highest BCUT2D eigenvalue weighted by atomic mass is 16.5. The van der Waals surface area contributed by atoms with Crippen molar-refractivity contribution < 1.29 is 19.1 Å². The van der Waals surface area contributed by atoms with Gasteiger partial charge in [-0.25, -0.2) is 0 Å². The van der Waals surface area contributed by atoms with Crippen LogP contribution in [0.4, 0.5) is 0 Å². The van der Waals surface area contributed by atoms with Gasteiger partial charge in [0, 0.05) is 55.4 Å². The zero-order chi connectivity index (χ0) is 23.7. The van der Waals surface area contributed by atoms with Crippen molar-refractivity contribution in [2.24, 2.45) is 5.73 Å². The van der Waals surface area contributed by atoms with Gasteiger partial charge in [0.15, 0.2) is 5.78 Å². The van der Waals surface area contributed by atoms with Gasteiger partial charge in [-0.1, -0.05) is 6.07 Å². The first kappa shape index (κ1) is 22.5. The minimum absolute atomic E-state index is 0.149. The molecular formula is C27H31N3O4. The second-order valence-corrected chi connectivity index (χ2v) is 9.22. The summed E-state index contributed by atoms with van der Waals surface area (Å²) in [6.07, 6.45) is 6.30. The normalized spacial score (nSPS) is 17.3. The first-order valence-electron chi connectivity index (χ1n) is 12.0. The van der Waals surface area contributed by atoms with E-state index in [0.29, 0.717) is 35.9 Å². The number of rotatable bonds is 6. The Bertz CT molecular complexity index is 1220. The number of Topliss-reactive ketones (excluding diaryl/α,β-unsaturated/α-hetero) is 1. The largest absolute Gasteiger partial charge is 0.496 e. The second-order valence-electron chi connectivity index (χ2n) is 9.22. The van der Waals surface area contributed by atoms with E-state index in [9.17, 15) is 9.59 Å². The summed E-state index contributed by atoms with van der Waals surface area (Å²) >= 11 is 0. The Hall–Kier alpha value is -3.32. The summed E-state index contributed by atoms with van der Waals surface area (Å²) in [5, 5.41) is 1.13. The molecule has 5 rings (SSSR count). The molecule has 0 radical (unpaired) electrons. The minimum Gasteiger partial charge on any atom is -0.496 e. The monoisotopic (exact) mass is 461 g/mol. The fourth-order valence-electron chi connectivity index (χ4n) is 5.20. The van der Waals surface area contributed by atoms with Crippen molar-refractivity contribution in [2.45, 2.75) is 38.1 Å². The van der Waals surface area contributed by atoms with Crippen molar-refractivity contribution in [2.75, 3.05) is 33.4 Å². The molecular weight excluding hydrogens is 430 g/mol. The van der Waals surface area contributed by atoms with Gasteiger partial charge in [0.25, 0.3) is 0 Å². The number of fused-ring (bicyclic) bond motifs is 2. The lowest BCUT2D eigenvalue weighted by Gasteiger charge is -2.33. The maximum atomic E-state index is 12.5. The predicted octanol–water partition coefficient (Wildman–Crippen LogP) is 3.98. The number of piperidine rings is 1. The van der Waals surface area contributed by atoms with Gasteiger partial charge in [-0.15, -0.1) is 0 Å². The summed E-state index contributed by atoms with van der Waals surface area (Å²) in [5.41, 5.74) is 8.83. The number of ketones is 1. The zero-order valence-electron chi connectivity index (χ0n) is 19.6. The standard InChI is InChI=1S/C27H31N3O4/c1-33-25-17-26-22(24(31)3-2-14-34-26)15-19(25)6-10-29-11-8-21(9-12-29)30-13-7-18-4-5-20(27(28)32)16-23(18)30/h4-5,7,13,15-17,21H,2-3,6,8-12,14H2,1H3,(H2,28,32). The molecule has 1 amide bonds. The molecule has 2 aromatic carbocycles. The molecule has 0 atom stereocenters. The molecule has 0 spiro atoms. The highest BCUT2D eigenvalue weighted by Crippen LogP contribution is 2.33. The van der Waals surface area contributed by atoms with Gasteiger partial charge in [-0.3, -0.25) is 9.59 Å². The predicted molar refractivity (Wildman–Crippen MR) is 131 cm³/mol. The van der Waals surface area contributed by atoms with E-state index in [2.05, 4.69) is 21.7 Å². The molecule has 1 aromatic heterocycles. The average Bonchev–Trinajstić information content (AvgIpc) is 3.20. The Labute approximate surface area is 199 Å². The van der Waals surface area contributed by atoms with Crippen molar-refractivity contribution in [3.8, 4) is 11.5 Å². The van der Waals surface area contributed by atoms with E-state index in [1.54, 1.807) is 13.2 Å². The van der Waals surface area contributed by atoms with Crippen molar-refractivity contribution >= 4 is 22.6 Å². The Morgan fingerprint density at radius 1 is 1.18 bits per heavy atom. The minimum atomic E-state index is -0.397. The topological polar surface area (TPSA) is 86.8 Å². The van der Waals surface area contributed by atoms with Gasteiger partial charge in [-0.05, 0) is 60.9 Å². The molecule has 0 aliphatic carbocycles. The number of benzene rings is 2. The van der Waals surface area contributed by atoms with E-state index in [1.165, 1.54) is 0 Å². The number of methoxy groups -OCH3 is 1. The van der Waals surface area contributed by atoms with Gasteiger partial charge < -0.3 is 24.7 Å². The molecule has 0 bridgehead atoms. The summed E-state index contributed by atoms with van der Waals surface area (Å²) in [5.74, 6) is 1.18. The van der Waals surface area contributed by atoms with Gasteiger partial charge in [0.1, 0.15) is 11.5 Å². The van der Waals surface area contributed by atoms with E-state index >= 15 is 0 Å². The lowest BCUT2D eigenvalue weighted by atomic mass is 10.00. The van der Waals surface area contributed by atoms with Crippen LogP contribution in [0.2, 0.25) is 0 Å². The molecule has 7 heteroatoms. The fourth-order valence-corrected chi connectivity index (χ4v) is 5.20. The van der Waals surface area contributed by atoms with Crippen LogP contribution >= 0.6 is 0 Å². The molecule has 3 heterocycles. The van der Waals surface area contributed by atoms with Crippen LogP contribution in [0, 0.1) is 0 Å². The molecule has 2 aliphatic heterocycles. The number of hydrogen-bond acceptors (Lipinski definition) is 5. The van der Waals surface area contributed by atoms with Gasteiger partial charge in [0.05, 0.1) is 19.3 Å². The van der Waals surface area contributed by atoms with Crippen molar-refractivity contribution in [1.29, 1.82) is 0 Å². The number of likely N-dealkylation sites (tertiary alicyclic amines) is 1. The number of amides is 1. The average molecular weight is 462 g/mol. The summed E-state index contributed by atoms with van der Waals surface area (Å²) < 4.78 is 13.7. The van der Waals surface area contributed by atoms with E-state index in [1.807, 2.05) is 24.3 Å². The van der Waals surface area contributed by atoms with E-state index in [-0.39, 0.29) is 5.78 Å². The molecule has 0 saturated carbocycles. The van der Waals surface area contributed by atoms with E-state index < -0.39 is 5.91 Å². The number of nitrogens with zero attached hydrogens (tertiary/aromatic N) is 2. The van der Waals surface area contributed by atoms with E-state index in [0.717, 1.165) is 67.5 Å². The van der Waals surface area contributed by atoms with Crippen LogP contribution in [-0.4, -0.2) is 54.5 Å². The molecule has 3 aromatic rings. The third-order valence-corrected chi connectivity index (χ3v) is 7.14. The van der Waals surface area contributed by atoms with Crippen LogP contribution in [0.1, 0.15) is 58.0 Å². The maximum Gasteiger partial charge on any atom is 0.248 e. The van der Waals surface area contributed by atoms with Crippen molar-refractivity contribution in [3.63, 3.8) is 0 Å². The highest BCUT2D eigenvalue weighted by molar-refractivity contribution is 5.99. The van der Waals surface area contributed by atoms with Crippen LogP contribution in [0.3, 0.4) is 0 Å². The fraction of sp³-hybridized carbons (Fsp3) is 0.407. The zero-order valence-corrected chi connectivity index (χ0v) is 19.6. The number of carbonyl (C=O) groups excluding carboxylic acids is 2. The number of nitrogens with two attached hydrogens (primary N) is 1. The molecule has 34 heavy (non-hydrogen) atoms. The quantitative estimate of drug-likeness (QED) is 0.600. The lowest BCUT2D eigenvalue weighted by molar-refractivity contribution is 0.0979.